The molecular formula is C28H41N3O6S. The lowest BCUT2D eigenvalue weighted by Crippen LogP contribution is -2.42. The van der Waals surface area contributed by atoms with E-state index in [1.807, 2.05) is 0 Å². The number of nitrogens with two attached hydrogens (primary N) is 1. The van der Waals surface area contributed by atoms with E-state index in [2.05, 4.69) is 33.9 Å². The number of hydrogen-bond donors (Lipinski definition) is 3. The van der Waals surface area contributed by atoms with E-state index in [9.17, 15) is 13.5 Å². The summed E-state index contributed by atoms with van der Waals surface area (Å²) in [4.78, 5) is 2.63. The Morgan fingerprint density at radius 1 is 0.921 bits per heavy atom. The molecule has 0 amide bonds. The molecule has 1 fully saturated rings. The smallest absolute Gasteiger partial charge is 0.240 e. The van der Waals surface area contributed by atoms with E-state index in [0.717, 1.165) is 38.6 Å². The molecule has 1 aliphatic heterocycles. The number of nitrogens with zero attached hydrogens (tertiary/aromatic N) is 1. The molecule has 0 bridgehead atoms. The molecule has 1 saturated heterocycles. The van der Waals surface area contributed by atoms with Gasteiger partial charge in [-0.05, 0) is 61.6 Å². The second kappa shape index (κ2) is 14.4. The zero-order valence-corrected chi connectivity index (χ0v) is 22.8. The number of hydrogen-bond acceptors (Lipinski definition) is 8. The van der Waals surface area contributed by atoms with Crippen molar-refractivity contribution >= 4 is 10.0 Å². The van der Waals surface area contributed by atoms with E-state index < -0.39 is 10.0 Å². The van der Waals surface area contributed by atoms with Crippen LogP contribution in [0.4, 0.5) is 0 Å². The second-order valence-electron chi connectivity index (χ2n) is 9.82. The van der Waals surface area contributed by atoms with Crippen molar-refractivity contribution in [3.63, 3.8) is 0 Å². The molecular weight excluding hydrogens is 506 g/mol. The third-order valence-corrected chi connectivity index (χ3v) is 8.71. The van der Waals surface area contributed by atoms with Gasteiger partial charge in [0.2, 0.25) is 10.0 Å². The Morgan fingerprint density at radius 3 is 2.26 bits per heavy atom. The summed E-state index contributed by atoms with van der Waals surface area (Å²) in [6.45, 7) is 4.04. The molecule has 210 valence electrons. The van der Waals surface area contributed by atoms with Crippen LogP contribution in [0.1, 0.15) is 42.0 Å². The Morgan fingerprint density at radius 2 is 1.58 bits per heavy atom. The van der Waals surface area contributed by atoms with Crippen molar-refractivity contribution in [2.45, 2.75) is 49.1 Å². The average molecular weight is 548 g/mol. The van der Waals surface area contributed by atoms with E-state index >= 15 is 0 Å². The number of likely N-dealkylation sites (tertiary alicyclic amines) is 1. The minimum absolute atomic E-state index is 0.0118. The van der Waals surface area contributed by atoms with Crippen LogP contribution in [0.5, 0.6) is 5.75 Å². The van der Waals surface area contributed by atoms with E-state index in [4.69, 9.17) is 19.9 Å². The zero-order valence-electron chi connectivity index (χ0n) is 22.0. The summed E-state index contributed by atoms with van der Waals surface area (Å²) in [5, 5.41) is 10.8. The highest BCUT2D eigenvalue weighted by atomic mass is 32.2. The normalized spacial score (nSPS) is 18.6. The minimum Gasteiger partial charge on any atom is -0.508 e. The van der Waals surface area contributed by atoms with Crippen molar-refractivity contribution in [1.82, 2.24) is 9.62 Å². The number of phenolic OH excluding ortho intramolecular Hbond substituents is 1. The maximum absolute atomic E-state index is 13.0. The predicted molar refractivity (Wildman–Crippen MR) is 146 cm³/mol. The maximum Gasteiger partial charge on any atom is 0.240 e. The van der Waals surface area contributed by atoms with E-state index in [1.165, 1.54) is 23.3 Å². The third-order valence-electron chi connectivity index (χ3n) is 7.26. The lowest BCUT2D eigenvalue weighted by atomic mass is 9.92. The Kier molecular flexibility index (Phi) is 10.9. The van der Waals surface area contributed by atoms with Crippen LogP contribution < -0.4 is 10.5 Å². The molecule has 38 heavy (non-hydrogen) atoms. The number of sulfonamides is 1. The van der Waals surface area contributed by atoms with Crippen LogP contribution in [0, 0.1) is 0 Å². The molecule has 0 spiro atoms. The average Bonchev–Trinajstić information content (AvgIpc) is 3.36. The fourth-order valence-electron chi connectivity index (χ4n) is 5.42. The SMILES string of the molecule is NCCOCCOCCOCCNS(=O)(=O)c1ccc(O)c(C2CCCCN2C2Cc3ccccc3C2)c1. The van der Waals surface area contributed by atoms with Crippen molar-refractivity contribution in [3.05, 3.63) is 59.2 Å². The van der Waals surface area contributed by atoms with Crippen LogP contribution >= 0.6 is 0 Å². The van der Waals surface area contributed by atoms with Crippen LogP contribution in [-0.4, -0.2) is 83.7 Å². The molecule has 1 heterocycles. The molecule has 4 rings (SSSR count). The first-order valence-corrected chi connectivity index (χ1v) is 15.1. The number of piperidine rings is 1. The lowest BCUT2D eigenvalue weighted by molar-refractivity contribution is 0.0171. The largest absolute Gasteiger partial charge is 0.508 e. The summed E-state index contributed by atoms with van der Waals surface area (Å²) in [6.07, 6.45) is 5.03. The van der Waals surface area contributed by atoms with Gasteiger partial charge in [0, 0.05) is 30.7 Å². The molecule has 10 heteroatoms. The number of nitrogens with one attached hydrogen (secondary N) is 1. The molecule has 2 aromatic carbocycles. The molecule has 1 aliphatic carbocycles. The van der Waals surface area contributed by atoms with Gasteiger partial charge >= 0.3 is 0 Å². The Hall–Kier alpha value is -2.05. The van der Waals surface area contributed by atoms with Crippen LogP contribution in [0.15, 0.2) is 47.4 Å². The summed E-state index contributed by atoms with van der Waals surface area (Å²) < 4.78 is 44.7. The molecule has 2 aromatic rings. The monoisotopic (exact) mass is 547 g/mol. The van der Waals surface area contributed by atoms with E-state index in [0.29, 0.717) is 51.2 Å². The van der Waals surface area contributed by atoms with E-state index in [-0.39, 0.29) is 29.8 Å². The van der Waals surface area contributed by atoms with Crippen molar-refractivity contribution in [2.75, 3.05) is 59.3 Å². The summed E-state index contributed by atoms with van der Waals surface area (Å²) in [7, 11) is -3.75. The number of fused-ring (bicyclic) bond motifs is 1. The highest BCUT2D eigenvalue weighted by Crippen LogP contribution is 2.40. The Bertz CT molecular complexity index is 1100. The van der Waals surface area contributed by atoms with E-state index in [1.54, 1.807) is 6.07 Å². The first-order chi connectivity index (χ1) is 18.5. The van der Waals surface area contributed by atoms with Gasteiger partial charge in [-0.15, -0.1) is 0 Å². The molecule has 1 atom stereocenters. The maximum atomic E-state index is 13.0. The van der Waals surface area contributed by atoms with Gasteiger partial charge in [-0.1, -0.05) is 30.7 Å². The molecule has 2 aliphatic rings. The van der Waals surface area contributed by atoms with Crippen molar-refractivity contribution in [1.29, 1.82) is 0 Å². The molecule has 0 saturated carbocycles. The number of aromatic hydroxyl groups is 1. The summed E-state index contributed by atoms with van der Waals surface area (Å²) in [5.74, 6) is 0.146. The molecule has 4 N–H and O–H groups in total. The van der Waals surface area contributed by atoms with Crippen molar-refractivity contribution < 1.29 is 27.7 Å². The van der Waals surface area contributed by atoms with Gasteiger partial charge in [0.15, 0.2) is 0 Å². The van der Waals surface area contributed by atoms with Crippen LogP contribution in [0.3, 0.4) is 0 Å². The van der Waals surface area contributed by atoms with Gasteiger partial charge < -0.3 is 25.1 Å². The van der Waals surface area contributed by atoms with Crippen LogP contribution in [0.25, 0.3) is 0 Å². The number of phenols is 1. The predicted octanol–water partition coefficient (Wildman–Crippen LogP) is 2.37. The summed E-state index contributed by atoms with van der Waals surface area (Å²) in [5.41, 5.74) is 8.81. The van der Waals surface area contributed by atoms with Crippen LogP contribution in [-0.2, 0) is 37.1 Å². The van der Waals surface area contributed by atoms with Gasteiger partial charge in [-0.2, -0.15) is 0 Å². The highest BCUT2D eigenvalue weighted by molar-refractivity contribution is 7.89. The van der Waals surface area contributed by atoms with Gasteiger partial charge in [0.1, 0.15) is 5.75 Å². The van der Waals surface area contributed by atoms with Crippen molar-refractivity contribution in [3.8, 4) is 5.75 Å². The third kappa shape index (κ3) is 7.75. The first kappa shape index (κ1) is 28.9. The Balaban J connectivity index is 1.30. The van der Waals surface area contributed by atoms with Gasteiger partial charge in [0.25, 0.3) is 0 Å². The standard InChI is InChI=1S/C28H41N3O6S/c29-10-13-35-15-17-37-18-16-36-14-11-30-38(33,34)25-8-9-28(32)26(21-25)27-7-3-4-12-31(27)24-19-22-5-1-2-6-23(22)20-24/h1-2,5-6,8-9,21,24,27,30,32H,3-4,7,10-20,29H2. The number of benzene rings is 2. The van der Waals surface area contributed by atoms with Crippen LogP contribution in [0.2, 0.25) is 0 Å². The fourth-order valence-corrected chi connectivity index (χ4v) is 6.47. The van der Waals surface area contributed by atoms with Gasteiger partial charge in [-0.25, -0.2) is 13.1 Å². The quantitative estimate of drug-likeness (QED) is 0.291. The van der Waals surface area contributed by atoms with Gasteiger partial charge in [-0.3, -0.25) is 4.90 Å². The lowest BCUT2D eigenvalue weighted by Gasteiger charge is -2.40. The minimum atomic E-state index is -3.75. The molecule has 0 radical (unpaired) electrons. The molecule has 0 aromatic heterocycles. The number of ether oxygens (including phenoxy) is 3. The number of rotatable bonds is 15. The van der Waals surface area contributed by atoms with Gasteiger partial charge in [0.05, 0.1) is 44.5 Å². The molecule has 1 unspecified atom stereocenters. The highest BCUT2D eigenvalue weighted by Gasteiger charge is 2.35. The van der Waals surface area contributed by atoms with Crippen molar-refractivity contribution in [2.24, 2.45) is 5.73 Å². The topological polar surface area (TPSA) is 123 Å². The zero-order chi connectivity index (χ0) is 26.8. The fraction of sp³-hybridized carbons (Fsp3) is 0.571. The summed E-state index contributed by atoms with van der Waals surface area (Å²) >= 11 is 0. The second-order valence-corrected chi connectivity index (χ2v) is 11.6. The Labute approximate surface area is 226 Å². The molecule has 9 nitrogen and oxygen atoms in total. The summed E-state index contributed by atoms with van der Waals surface area (Å²) in [6, 6.07) is 13.5. The first-order valence-electron chi connectivity index (χ1n) is 13.6.